The van der Waals surface area contributed by atoms with E-state index < -0.39 is 0 Å². The smallest absolute Gasteiger partial charge is 0.254 e. The second-order valence-corrected chi connectivity index (χ2v) is 5.75. The predicted molar refractivity (Wildman–Crippen MR) is 91.5 cm³/mol. The number of hydrogen-bond donors (Lipinski definition) is 0. The molecule has 2 aromatic rings. The van der Waals surface area contributed by atoms with E-state index in [0.29, 0.717) is 28.6 Å². The molecule has 0 unspecified atom stereocenters. The van der Waals surface area contributed by atoms with Gasteiger partial charge in [-0.1, -0.05) is 41.4 Å². The first-order chi connectivity index (χ1) is 11.0. The molecule has 5 heteroatoms. The molecule has 0 heterocycles. The van der Waals surface area contributed by atoms with Gasteiger partial charge in [0.1, 0.15) is 0 Å². The molecule has 23 heavy (non-hydrogen) atoms. The third-order valence-electron chi connectivity index (χ3n) is 3.57. The monoisotopic (exact) mass is 333 g/mol. The van der Waals surface area contributed by atoms with Crippen molar-refractivity contribution < 1.29 is 14.3 Å². The minimum atomic E-state index is -0.131. The van der Waals surface area contributed by atoms with Gasteiger partial charge < -0.3 is 14.4 Å². The standard InChI is InChI=1S/C18H20ClNO3/c1-12-5-7-13(8-6-12)11-20(2)18(21)14-9-15(19)17(23-4)16(10-14)22-3/h5-10H,11H2,1-4H3. The zero-order chi connectivity index (χ0) is 17.0. The third kappa shape index (κ3) is 3.96. The minimum absolute atomic E-state index is 0.131. The molecule has 1 amide bonds. The molecule has 122 valence electrons. The summed E-state index contributed by atoms with van der Waals surface area (Å²) >= 11 is 6.16. The predicted octanol–water partition coefficient (Wildman–Crippen LogP) is 3.94. The molecular weight excluding hydrogens is 314 g/mol. The second-order valence-electron chi connectivity index (χ2n) is 5.34. The van der Waals surface area contributed by atoms with Crippen molar-refractivity contribution in [2.75, 3.05) is 21.3 Å². The van der Waals surface area contributed by atoms with Gasteiger partial charge in [-0.3, -0.25) is 4.79 Å². The van der Waals surface area contributed by atoms with Crippen molar-refractivity contribution in [2.24, 2.45) is 0 Å². The van der Waals surface area contributed by atoms with E-state index in [9.17, 15) is 4.79 Å². The molecule has 0 aliphatic carbocycles. The summed E-state index contributed by atoms with van der Waals surface area (Å²) in [4.78, 5) is 14.2. The summed E-state index contributed by atoms with van der Waals surface area (Å²) in [6.45, 7) is 2.55. The highest BCUT2D eigenvalue weighted by Gasteiger charge is 2.18. The number of rotatable bonds is 5. The maximum absolute atomic E-state index is 12.6. The SMILES string of the molecule is COc1cc(C(=O)N(C)Cc2ccc(C)cc2)cc(Cl)c1OC. The molecule has 0 aliphatic heterocycles. The lowest BCUT2D eigenvalue weighted by atomic mass is 10.1. The van der Waals surface area contributed by atoms with Crippen LogP contribution in [0.25, 0.3) is 0 Å². The average Bonchev–Trinajstić information content (AvgIpc) is 2.55. The molecule has 2 aromatic carbocycles. The van der Waals surface area contributed by atoms with Gasteiger partial charge in [-0.15, -0.1) is 0 Å². The van der Waals surface area contributed by atoms with E-state index in [4.69, 9.17) is 21.1 Å². The first kappa shape index (κ1) is 17.2. The number of aryl methyl sites for hydroxylation is 1. The zero-order valence-electron chi connectivity index (χ0n) is 13.7. The first-order valence-electron chi connectivity index (χ1n) is 7.18. The van der Waals surface area contributed by atoms with Crippen LogP contribution in [0.1, 0.15) is 21.5 Å². The van der Waals surface area contributed by atoms with Crippen molar-refractivity contribution in [1.29, 1.82) is 0 Å². The topological polar surface area (TPSA) is 38.8 Å². The average molecular weight is 334 g/mol. The Bertz CT molecular complexity index is 698. The van der Waals surface area contributed by atoms with E-state index in [2.05, 4.69) is 0 Å². The molecule has 0 fully saturated rings. The van der Waals surface area contributed by atoms with Crippen LogP contribution in [0.2, 0.25) is 5.02 Å². The van der Waals surface area contributed by atoms with E-state index in [0.717, 1.165) is 5.56 Å². The van der Waals surface area contributed by atoms with E-state index in [1.807, 2.05) is 31.2 Å². The van der Waals surface area contributed by atoms with Crippen LogP contribution in [-0.2, 0) is 6.54 Å². The molecule has 0 N–H and O–H groups in total. The summed E-state index contributed by atoms with van der Waals surface area (Å²) in [5.41, 5.74) is 2.72. The summed E-state index contributed by atoms with van der Waals surface area (Å²) in [5, 5.41) is 0.346. The number of carbonyl (C=O) groups is 1. The maximum atomic E-state index is 12.6. The van der Waals surface area contributed by atoms with Gasteiger partial charge in [-0.25, -0.2) is 0 Å². The van der Waals surface area contributed by atoms with E-state index in [1.165, 1.54) is 19.8 Å². The van der Waals surface area contributed by atoms with Gasteiger partial charge in [0, 0.05) is 19.2 Å². The molecule has 0 aromatic heterocycles. The molecule has 0 aliphatic rings. The van der Waals surface area contributed by atoms with Crippen LogP contribution < -0.4 is 9.47 Å². The summed E-state index contributed by atoms with van der Waals surface area (Å²) < 4.78 is 10.4. The fourth-order valence-corrected chi connectivity index (χ4v) is 2.59. The molecule has 0 saturated carbocycles. The van der Waals surface area contributed by atoms with Crippen LogP contribution in [-0.4, -0.2) is 32.1 Å². The first-order valence-corrected chi connectivity index (χ1v) is 7.56. The Hall–Kier alpha value is -2.20. The van der Waals surface area contributed by atoms with E-state index in [-0.39, 0.29) is 5.91 Å². The molecule has 2 rings (SSSR count). The lowest BCUT2D eigenvalue weighted by Crippen LogP contribution is -2.26. The summed E-state index contributed by atoms with van der Waals surface area (Å²) in [6, 6.07) is 11.3. The van der Waals surface area contributed by atoms with E-state index in [1.54, 1.807) is 24.1 Å². The summed E-state index contributed by atoms with van der Waals surface area (Å²) in [5.74, 6) is 0.729. The highest BCUT2D eigenvalue weighted by Crippen LogP contribution is 2.36. The van der Waals surface area contributed by atoms with Crippen LogP contribution >= 0.6 is 11.6 Å². The number of carbonyl (C=O) groups excluding carboxylic acids is 1. The Morgan fingerprint density at radius 2 is 1.78 bits per heavy atom. The lowest BCUT2D eigenvalue weighted by molar-refractivity contribution is 0.0784. The summed E-state index contributed by atoms with van der Waals surface area (Å²) in [7, 11) is 4.78. The zero-order valence-corrected chi connectivity index (χ0v) is 14.5. The second kappa shape index (κ2) is 7.38. The Morgan fingerprint density at radius 1 is 1.13 bits per heavy atom. The lowest BCUT2D eigenvalue weighted by Gasteiger charge is -2.19. The van der Waals surface area contributed by atoms with Crippen LogP contribution in [0.3, 0.4) is 0 Å². The van der Waals surface area contributed by atoms with Crippen molar-refractivity contribution in [3.8, 4) is 11.5 Å². The Balaban J connectivity index is 2.22. The van der Waals surface area contributed by atoms with Gasteiger partial charge >= 0.3 is 0 Å². The molecule has 0 spiro atoms. The quantitative estimate of drug-likeness (QED) is 0.832. The number of halogens is 1. The molecular formula is C18H20ClNO3. The Morgan fingerprint density at radius 3 is 2.35 bits per heavy atom. The fourth-order valence-electron chi connectivity index (χ4n) is 2.30. The van der Waals surface area contributed by atoms with E-state index >= 15 is 0 Å². The van der Waals surface area contributed by atoms with Crippen LogP contribution in [0.4, 0.5) is 0 Å². The van der Waals surface area contributed by atoms with Gasteiger partial charge in [-0.05, 0) is 24.6 Å². The number of hydrogen-bond acceptors (Lipinski definition) is 3. The van der Waals surface area contributed by atoms with Crippen LogP contribution in [0.5, 0.6) is 11.5 Å². The molecule has 0 atom stereocenters. The van der Waals surface area contributed by atoms with Gasteiger partial charge in [0.15, 0.2) is 11.5 Å². The van der Waals surface area contributed by atoms with Crippen LogP contribution in [0, 0.1) is 6.92 Å². The number of nitrogens with zero attached hydrogens (tertiary/aromatic N) is 1. The fraction of sp³-hybridized carbons (Fsp3) is 0.278. The minimum Gasteiger partial charge on any atom is -0.493 e. The Labute approximate surface area is 141 Å². The van der Waals surface area contributed by atoms with Crippen molar-refractivity contribution in [3.05, 3.63) is 58.1 Å². The number of benzene rings is 2. The normalized spacial score (nSPS) is 10.3. The van der Waals surface area contributed by atoms with Gasteiger partial charge in [0.2, 0.25) is 0 Å². The highest BCUT2D eigenvalue weighted by atomic mass is 35.5. The third-order valence-corrected chi connectivity index (χ3v) is 3.85. The van der Waals surface area contributed by atoms with Crippen molar-refractivity contribution in [2.45, 2.75) is 13.5 Å². The van der Waals surface area contributed by atoms with Crippen molar-refractivity contribution in [3.63, 3.8) is 0 Å². The van der Waals surface area contributed by atoms with Crippen molar-refractivity contribution >= 4 is 17.5 Å². The van der Waals surface area contributed by atoms with Gasteiger partial charge in [-0.2, -0.15) is 0 Å². The Kier molecular flexibility index (Phi) is 5.50. The summed E-state index contributed by atoms with van der Waals surface area (Å²) in [6.07, 6.45) is 0. The van der Waals surface area contributed by atoms with Gasteiger partial charge in [0.05, 0.1) is 19.2 Å². The molecule has 0 bridgehead atoms. The molecule has 0 saturated heterocycles. The van der Waals surface area contributed by atoms with Crippen LogP contribution in [0.15, 0.2) is 36.4 Å². The number of methoxy groups -OCH3 is 2. The molecule has 4 nitrogen and oxygen atoms in total. The van der Waals surface area contributed by atoms with Crippen molar-refractivity contribution in [1.82, 2.24) is 4.90 Å². The molecule has 0 radical (unpaired) electrons. The van der Waals surface area contributed by atoms with Gasteiger partial charge in [0.25, 0.3) is 5.91 Å². The largest absolute Gasteiger partial charge is 0.493 e. The maximum Gasteiger partial charge on any atom is 0.254 e. The number of amides is 1. The number of ether oxygens (including phenoxy) is 2. The highest BCUT2D eigenvalue weighted by molar-refractivity contribution is 6.32.